The molecule has 4 heteroatoms. The van der Waals surface area contributed by atoms with Gasteiger partial charge in [-0.05, 0) is 17.7 Å². The highest BCUT2D eigenvalue weighted by Gasteiger charge is 2.13. The van der Waals surface area contributed by atoms with Crippen molar-refractivity contribution in [3.05, 3.63) is 12.3 Å². The predicted octanol–water partition coefficient (Wildman–Crippen LogP) is -0.258. The summed E-state index contributed by atoms with van der Waals surface area (Å²) >= 11 is 5.09. The number of carbonyl (C=O) groups is 1. The van der Waals surface area contributed by atoms with E-state index in [2.05, 4.69) is 10.9 Å². The van der Waals surface area contributed by atoms with Crippen LogP contribution in [0.3, 0.4) is 0 Å². The molecule has 1 atom stereocenters. The highest BCUT2D eigenvalue weighted by Crippen LogP contribution is 1.94. The molecule has 1 heterocycles. The quantitative estimate of drug-likeness (QED) is 0.483. The second kappa shape index (κ2) is 2.15. The van der Waals surface area contributed by atoms with Crippen LogP contribution in [0.25, 0.3) is 0 Å². The van der Waals surface area contributed by atoms with Crippen LogP contribution in [0.15, 0.2) is 12.3 Å². The van der Waals surface area contributed by atoms with E-state index >= 15 is 0 Å². The molecule has 0 spiro atoms. The molecule has 0 aromatic heterocycles. The number of carbonyl (C=O) groups excluding carboxylic acids is 1. The molecule has 1 rings (SSSR count). The fraction of sp³-hybridized carbons (Fsp3) is 0.250. The molecule has 8 heavy (non-hydrogen) atoms. The van der Waals surface area contributed by atoms with Crippen LogP contribution >= 0.6 is 11.6 Å². The molecule has 0 aromatic rings. The summed E-state index contributed by atoms with van der Waals surface area (Å²) in [6.07, 6.45) is 3.28. The summed E-state index contributed by atoms with van der Waals surface area (Å²) in [5.74, 6) is 0. The minimum Gasteiger partial charge on any atom is -0.328 e. The van der Waals surface area contributed by atoms with Gasteiger partial charge in [-0.3, -0.25) is 4.79 Å². The molecule has 0 bridgehead atoms. The van der Waals surface area contributed by atoms with Crippen LogP contribution in [-0.4, -0.2) is 11.3 Å². The van der Waals surface area contributed by atoms with Crippen LogP contribution in [0, 0.1) is 0 Å². The van der Waals surface area contributed by atoms with E-state index in [1.54, 1.807) is 12.3 Å². The molecule has 0 aliphatic carbocycles. The molecular formula is C4H5ClN2O. The summed E-state index contributed by atoms with van der Waals surface area (Å²) in [6.45, 7) is 0. The molecule has 1 aliphatic rings. The Labute approximate surface area is 51.7 Å². The Bertz CT molecular complexity index is 134. The standard InChI is InChI=1S/C4H5ClN2O/c5-4(8)3-1-2-6-7-3/h1-3,6-7H. The van der Waals surface area contributed by atoms with Crippen molar-refractivity contribution in [3.8, 4) is 0 Å². The Kier molecular flexibility index (Phi) is 1.50. The summed E-state index contributed by atoms with van der Waals surface area (Å²) in [5.41, 5.74) is 5.23. The van der Waals surface area contributed by atoms with Crippen LogP contribution in [0.1, 0.15) is 0 Å². The molecular weight excluding hydrogens is 128 g/mol. The van der Waals surface area contributed by atoms with Crippen molar-refractivity contribution < 1.29 is 4.79 Å². The molecule has 1 aliphatic heterocycles. The van der Waals surface area contributed by atoms with Gasteiger partial charge in [-0.25, -0.2) is 5.43 Å². The Morgan fingerprint density at radius 2 is 2.50 bits per heavy atom. The number of rotatable bonds is 1. The maximum Gasteiger partial charge on any atom is 0.244 e. The van der Waals surface area contributed by atoms with E-state index in [4.69, 9.17) is 11.6 Å². The minimum absolute atomic E-state index is 0.350. The average molecular weight is 133 g/mol. The van der Waals surface area contributed by atoms with Crippen molar-refractivity contribution in [2.45, 2.75) is 6.04 Å². The van der Waals surface area contributed by atoms with Gasteiger partial charge in [0.2, 0.25) is 5.24 Å². The number of hydrogen-bond acceptors (Lipinski definition) is 3. The van der Waals surface area contributed by atoms with Gasteiger partial charge in [-0.2, -0.15) is 0 Å². The van der Waals surface area contributed by atoms with E-state index in [-0.39, 0.29) is 6.04 Å². The fourth-order valence-corrected chi connectivity index (χ4v) is 0.590. The smallest absolute Gasteiger partial charge is 0.244 e. The van der Waals surface area contributed by atoms with Gasteiger partial charge in [0.15, 0.2) is 0 Å². The molecule has 0 saturated carbocycles. The maximum absolute atomic E-state index is 10.3. The maximum atomic E-state index is 10.3. The lowest BCUT2D eigenvalue weighted by Gasteiger charge is -1.99. The second-order valence-corrected chi connectivity index (χ2v) is 1.80. The van der Waals surface area contributed by atoms with E-state index in [0.29, 0.717) is 0 Å². The van der Waals surface area contributed by atoms with Crippen molar-refractivity contribution >= 4 is 16.8 Å². The molecule has 1 unspecified atom stereocenters. The molecule has 44 valence electrons. The number of hydrazine groups is 1. The number of nitrogens with one attached hydrogen (secondary N) is 2. The first-order chi connectivity index (χ1) is 3.80. The topological polar surface area (TPSA) is 41.1 Å². The van der Waals surface area contributed by atoms with E-state index in [1.807, 2.05) is 0 Å². The van der Waals surface area contributed by atoms with Gasteiger partial charge in [0.25, 0.3) is 0 Å². The predicted molar refractivity (Wildman–Crippen MR) is 30.1 cm³/mol. The number of halogens is 1. The van der Waals surface area contributed by atoms with Gasteiger partial charge in [-0.1, -0.05) is 0 Å². The van der Waals surface area contributed by atoms with E-state index in [9.17, 15) is 4.79 Å². The van der Waals surface area contributed by atoms with E-state index < -0.39 is 5.24 Å². The van der Waals surface area contributed by atoms with Gasteiger partial charge in [0.1, 0.15) is 6.04 Å². The van der Waals surface area contributed by atoms with Crippen molar-refractivity contribution in [2.75, 3.05) is 0 Å². The average Bonchev–Trinajstić information content (AvgIpc) is 2.12. The second-order valence-electron chi connectivity index (χ2n) is 1.43. The summed E-state index contributed by atoms with van der Waals surface area (Å²) in [5, 5.41) is -0.397. The van der Waals surface area contributed by atoms with Gasteiger partial charge in [0.05, 0.1) is 0 Å². The highest BCUT2D eigenvalue weighted by molar-refractivity contribution is 6.65. The van der Waals surface area contributed by atoms with Gasteiger partial charge in [0, 0.05) is 6.20 Å². The van der Waals surface area contributed by atoms with Gasteiger partial charge < -0.3 is 5.43 Å². The normalized spacial score (nSPS) is 25.4. The Morgan fingerprint density at radius 3 is 2.75 bits per heavy atom. The molecule has 0 radical (unpaired) electrons. The Balaban J connectivity index is 2.48. The SMILES string of the molecule is O=C(Cl)C1C=CNN1. The molecule has 0 amide bonds. The molecule has 3 nitrogen and oxygen atoms in total. The Morgan fingerprint density at radius 1 is 1.75 bits per heavy atom. The fourth-order valence-electron chi connectivity index (χ4n) is 0.463. The summed E-state index contributed by atoms with van der Waals surface area (Å²) in [4.78, 5) is 10.3. The molecule has 2 N–H and O–H groups in total. The highest BCUT2D eigenvalue weighted by atomic mass is 35.5. The van der Waals surface area contributed by atoms with E-state index in [0.717, 1.165) is 0 Å². The lowest BCUT2D eigenvalue weighted by molar-refractivity contribution is -0.112. The third-order valence-corrected chi connectivity index (χ3v) is 1.09. The van der Waals surface area contributed by atoms with Crippen molar-refractivity contribution in [1.29, 1.82) is 0 Å². The molecule has 0 aromatic carbocycles. The van der Waals surface area contributed by atoms with Crippen LogP contribution in [0.2, 0.25) is 0 Å². The summed E-state index contributed by atoms with van der Waals surface area (Å²) in [6, 6.07) is -0.350. The zero-order valence-corrected chi connectivity index (χ0v) is 4.77. The Hall–Kier alpha value is -0.540. The van der Waals surface area contributed by atoms with Crippen molar-refractivity contribution in [2.24, 2.45) is 0 Å². The monoisotopic (exact) mass is 132 g/mol. The molecule has 0 fully saturated rings. The minimum atomic E-state index is -0.397. The summed E-state index contributed by atoms with van der Waals surface area (Å²) < 4.78 is 0. The first-order valence-electron chi connectivity index (χ1n) is 2.18. The third kappa shape index (κ3) is 0.993. The van der Waals surface area contributed by atoms with Crippen LogP contribution in [-0.2, 0) is 4.79 Å². The van der Waals surface area contributed by atoms with Crippen LogP contribution in [0.5, 0.6) is 0 Å². The molecule has 0 saturated heterocycles. The van der Waals surface area contributed by atoms with Crippen LogP contribution in [0.4, 0.5) is 0 Å². The first kappa shape index (κ1) is 5.59. The number of hydrogen-bond donors (Lipinski definition) is 2. The van der Waals surface area contributed by atoms with Gasteiger partial charge in [-0.15, -0.1) is 0 Å². The van der Waals surface area contributed by atoms with E-state index in [1.165, 1.54) is 0 Å². The lowest BCUT2D eigenvalue weighted by atomic mass is 10.4. The van der Waals surface area contributed by atoms with Gasteiger partial charge >= 0.3 is 0 Å². The van der Waals surface area contributed by atoms with Crippen LogP contribution < -0.4 is 10.9 Å². The zero-order chi connectivity index (χ0) is 5.98. The lowest BCUT2D eigenvalue weighted by Crippen LogP contribution is -2.34. The summed E-state index contributed by atoms with van der Waals surface area (Å²) in [7, 11) is 0. The first-order valence-corrected chi connectivity index (χ1v) is 2.55. The van der Waals surface area contributed by atoms with Crippen molar-refractivity contribution in [3.63, 3.8) is 0 Å². The zero-order valence-electron chi connectivity index (χ0n) is 4.02. The third-order valence-electron chi connectivity index (χ3n) is 0.855. The van der Waals surface area contributed by atoms with Crippen molar-refractivity contribution in [1.82, 2.24) is 10.9 Å². The largest absolute Gasteiger partial charge is 0.328 e.